The Labute approximate surface area is 175 Å². The second-order valence-corrected chi connectivity index (χ2v) is 7.30. The Hall–Kier alpha value is -3.77. The van der Waals surface area contributed by atoms with E-state index in [1.807, 2.05) is 80.1 Å². The van der Waals surface area contributed by atoms with E-state index in [1.54, 1.807) is 12.3 Å². The molecule has 2 N–H and O–H groups in total. The molecule has 3 heterocycles. The molecule has 0 aliphatic rings. The lowest BCUT2D eigenvalue weighted by molar-refractivity contribution is -0.111. The van der Waals surface area contributed by atoms with Crippen molar-refractivity contribution in [1.29, 1.82) is 0 Å². The van der Waals surface area contributed by atoms with Crippen LogP contribution in [0.5, 0.6) is 0 Å². The minimum Gasteiger partial charge on any atom is -0.346 e. The van der Waals surface area contributed by atoms with Gasteiger partial charge in [0.05, 0.1) is 0 Å². The SMILES string of the molecule is CN(C)CC=CC(=O)Nc1cccc(-c2cnc3[nH]cc(-c4cccnc4)c3c2)c1. The van der Waals surface area contributed by atoms with E-state index in [1.165, 1.54) is 0 Å². The second-order valence-electron chi connectivity index (χ2n) is 7.30. The molecule has 6 heteroatoms. The van der Waals surface area contributed by atoms with Gasteiger partial charge in [-0.1, -0.05) is 24.3 Å². The van der Waals surface area contributed by atoms with Gasteiger partial charge in [0.2, 0.25) is 5.91 Å². The molecule has 0 saturated carbocycles. The summed E-state index contributed by atoms with van der Waals surface area (Å²) < 4.78 is 0. The van der Waals surface area contributed by atoms with Crippen molar-refractivity contribution in [2.24, 2.45) is 0 Å². The minimum atomic E-state index is -0.146. The fourth-order valence-corrected chi connectivity index (χ4v) is 3.25. The van der Waals surface area contributed by atoms with E-state index in [4.69, 9.17) is 0 Å². The Morgan fingerprint density at radius 2 is 1.97 bits per heavy atom. The van der Waals surface area contributed by atoms with Crippen LogP contribution in [0.1, 0.15) is 0 Å². The number of aromatic nitrogens is 3. The predicted molar refractivity (Wildman–Crippen MR) is 121 cm³/mol. The monoisotopic (exact) mass is 397 g/mol. The first-order valence-corrected chi connectivity index (χ1v) is 9.70. The van der Waals surface area contributed by atoms with Crippen molar-refractivity contribution in [3.05, 3.63) is 79.4 Å². The third kappa shape index (κ3) is 4.45. The topological polar surface area (TPSA) is 73.9 Å². The molecule has 30 heavy (non-hydrogen) atoms. The number of anilines is 1. The van der Waals surface area contributed by atoms with E-state index < -0.39 is 0 Å². The van der Waals surface area contributed by atoms with Gasteiger partial charge in [0.15, 0.2) is 0 Å². The molecule has 1 amide bonds. The maximum absolute atomic E-state index is 12.1. The fraction of sp³-hybridized carbons (Fsp3) is 0.125. The van der Waals surface area contributed by atoms with Gasteiger partial charge >= 0.3 is 0 Å². The molecule has 0 bridgehead atoms. The largest absolute Gasteiger partial charge is 0.346 e. The number of aromatic amines is 1. The van der Waals surface area contributed by atoms with Gasteiger partial charge in [0, 0.05) is 65.2 Å². The van der Waals surface area contributed by atoms with E-state index >= 15 is 0 Å². The lowest BCUT2D eigenvalue weighted by Gasteiger charge is -2.07. The Morgan fingerprint density at radius 3 is 2.77 bits per heavy atom. The molecule has 4 aromatic rings. The van der Waals surface area contributed by atoms with E-state index in [-0.39, 0.29) is 5.91 Å². The number of H-pyrrole nitrogens is 1. The van der Waals surface area contributed by atoms with Crippen LogP contribution in [0, 0.1) is 0 Å². The number of carbonyl (C=O) groups is 1. The Balaban J connectivity index is 1.61. The maximum atomic E-state index is 12.1. The molecule has 0 atom stereocenters. The highest BCUT2D eigenvalue weighted by atomic mass is 16.1. The van der Waals surface area contributed by atoms with Crippen molar-refractivity contribution in [1.82, 2.24) is 19.9 Å². The third-order valence-electron chi connectivity index (χ3n) is 4.71. The average Bonchev–Trinajstić information content (AvgIpc) is 3.17. The third-order valence-corrected chi connectivity index (χ3v) is 4.71. The molecular weight excluding hydrogens is 374 g/mol. The summed E-state index contributed by atoms with van der Waals surface area (Å²) in [5, 5.41) is 3.95. The number of hydrogen-bond donors (Lipinski definition) is 2. The smallest absolute Gasteiger partial charge is 0.248 e. The van der Waals surface area contributed by atoms with Crippen LogP contribution < -0.4 is 5.32 Å². The number of pyridine rings is 2. The number of fused-ring (bicyclic) bond motifs is 1. The highest BCUT2D eigenvalue weighted by molar-refractivity contribution is 6.00. The molecule has 1 aromatic carbocycles. The van der Waals surface area contributed by atoms with Gasteiger partial charge in [-0.3, -0.25) is 9.78 Å². The lowest BCUT2D eigenvalue weighted by atomic mass is 10.0. The normalized spacial score (nSPS) is 11.4. The summed E-state index contributed by atoms with van der Waals surface area (Å²) >= 11 is 0. The summed E-state index contributed by atoms with van der Waals surface area (Å²) in [6.45, 7) is 0.717. The van der Waals surface area contributed by atoms with E-state index in [9.17, 15) is 4.79 Å². The number of nitrogens with zero attached hydrogens (tertiary/aromatic N) is 3. The van der Waals surface area contributed by atoms with Crippen molar-refractivity contribution in [2.45, 2.75) is 0 Å². The Morgan fingerprint density at radius 1 is 1.10 bits per heavy atom. The van der Waals surface area contributed by atoms with Gasteiger partial charge in [-0.05, 0) is 43.9 Å². The molecule has 3 aromatic heterocycles. The molecule has 0 aliphatic heterocycles. The van der Waals surface area contributed by atoms with Crippen molar-refractivity contribution in [3.8, 4) is 22.3 Å². The molecule has 0 unspecified atom stereocenters. The average molecular weight is 397 g/mol. The van der Waals surface area contributed by atoms with Crippen molar-refractivity contribution in [2.75, 3.05) is 26.0 Å². The zero-order chi connectivity index (χ0) is 20.9. The summed E-state index contributed by atoms with van der Waals surface area (Å²) in [6, 6.07) is 13.8. The van der Waals surface area contributed by atoms with E-state index in [0.717, 1.165) is 45.5 Å². The van der Waals surface area contributed by atoms with Crippen LogP contribution in [0.3, 0.4) is 0 Å². The molecule has 0 aliphatic carbocycles. The highest BCUT2D eigenvalue weighted by Crippen LogP contribution is 2.31. The molecule has 0 fully saturated rings. The van der Waals surface area contributed by atoms with Crippen LogP contribution in [0.2, 0.25) is 0 Å². The zero-order valence-corrected chi connectivity index (χ0v) is 17.0. The summed E-state index contributed by atoms with van der Waals surface area (Å²) in [5.41, 5.74) is 5.63. The molecule has 4 rings (SSSR count). The van der Waals surface area contributed by atoms with Gasteiger partial charge in [-0.15, -0.1) is 0 Å². The second kappa shape index (κ2) is 8.71. The number of rotatable bonds is 6. The fourth-order valence-electron chi connectivity index (χ4n) is 3.25. The van der Waals surface area contributed by atoms with Gasteiger partial charge < -0.3 is 15.2 Å². The van der Waals surface area contributed by atoms with Crippen LogP contribution in [0.25, 0.3) is 33.3 Å². The molecule has 0 radical (unpaired) electrons. The van der Waals surface area contributed by atoms with Crippen LogP contribution in [0.4, 0.5) is 5.69 Å². The van der Waals surface area contributed by atoms with Crippen LogP contribution in [-0.4, -0.2) is 46.4 Å². The molecule has 0 spiro atoms. The zero-order valence-electron chi connectivity index (χ0n) is 17.0. The number of amides is 1. The molecule has 6 nitrogen and oxygen atoms in total. The summed E-state index contributed by atoms with van der Waals surface area (Å²) in [7, 11) is 3.92. The van der Waals surface area contributed by atoms with Crippen molar-refractivity contribution < 1.29 is 4.79 Å². The van der Waals surface area contributed by atoms with Crippen molar-refractivity contribution in [3.63, 3.8) is 0 Å². The molecular formula is C24H23N5O. The number of likely N-dealkylation sites (N-methyl/N-ethyl adjacent to an activating group) is 1. The number of carbonyl (C=O) groups excluding carboxylic acids is 1. The summed E-state index contributed by atoms with van der Waals surface area (Å²) in [5.74, 6) is -0.146. The van der Waals surface area contributed by atoms with Gasteiger partial charge in [-0.25, -0.2) is 4.98 Å². The molecule has 150 valence electrons. The standard InChI is InChI=1S/C24H23N5O/c1-29(2)11-5-9-23(30)28-20-8-3-6-17(12-20)19-13-21-22(16-27-24(21)26-15-19)18-7-4-10-25-14-18/h3-10,12-16H,11H2,1-2H3,(H,26,27)(H,28,30). The van der Waals surface area contributed by atoms with Crippen molar-refractivity contribution >= 4 is 22.6 Å². The highest BCUT2D eigenvalue weighted by Gasteiger charge is 2.10. The predicted octanol–water partition coefficient (Wildman–Crippen LogP) is 4.35. The van der Waals surface area contributed by atoms with Gasteiger partial charge in [0.1, 0.15) is 5.65 Å². The number of hydrogen-bond acceptors (Lipinski definition) is 4. The van der Waals surface area contributed by atoms with Gasteiger partial charge in [0.25, 0.3) is 0 Å². The first-order chi connectivity index (χ1) is 14.6. The van der Waals surface area contributed by atoms with Crippen LogP contribution in [0.15, 0.2) is 79.4 Å². The minimum absolute atomic E-state index is 0.146. The van der Waals surface area contributed by atoms with E-state index in [0.29, 0.717) is 0 Å². The first kappa shape index (κ1) is 19.5. The van der Waals surface area contributed by atoms with Gasteiger partial charge in [-0.2, -0.15) is 0 Å². The number of benzene rings is 1. The van der Waals surface area contributed by atoms with E-state index in [2.05, 4.69) is 26.3 Å². The quantitative estimate of drug-likeness (QED) is 0.475. The Bertz CT molecular complexity index is 1190. The Kier molecular flexibility index (Phi) is 5.68. The summed E-state index contributed by atoms with van der Waals surface area (Å²) in [6.07, 6.45) is 10.8. The van der Waals surface area contributed by atoms with Crippen LogP contribution in [-0.2, 0) is 4.79 Å². The molecule has 0 saturated heterocycles. The van der Waals surface area contributed by atoms with Crippen LogP contribution >= 0.6 is 0 Å². The lowest BCUT2D eigenvalue weighted by Crippen LogP contribution is -2.12. The number of nitrogens with one attached hydrogen (secondary N) is 2. The first-order valence-electron chi connectivity index (χ1n) is 9.70. The maximum Gasteiger partial charge on any atom is 0.248 e. The summed E-state index contributed by atoms with van der Waals surface area (Å²) in [4.78, 5) is 26.1.